The second kappa shape index (κ2) is 7.44. The monoisotopic (exact) mass is 307 g/mol. The summed E-state index contributed by atoms with van der Waals surface area (Å²) in [6.45, 7) is 8.96. The molecule has 124 valence electrons. The molecule has 0 aliphatic carbocycles. The highest BCUT2D eigenvalue weighted by Crippen LogP contribution is 2.24. The zero-order chi connectivity index (χ0) is 16.2. The van der Waals surface area contributed by atoms with Crippen LogP contribution in [0.4, 0.5) is 0 Å². The molecule has 1 aliphatic heterocycles. The van der Waals surface area contributed by atoms with Crippen molar-refractivity contribution in [2.45, 2.75) is 51.2 Å². The van der Waals surface area contributed by atoms with Crippen molar-refractivity contribution >= 4 is 0 Å². The Morgan fingerprint density at radius 2 is 1.95 bits per heavy atom. The zero-order valence-electron chi connectivity index (χ0n) is 14.0. The quantitative estimate of drug-likeness (QED) is 0.875. The highest BCUT2D eigenvalue weighted by Gasteiger charge is 2.20. The van der Waals surface area contributed by atoms with Gasteiger partial charge in [-0.15, -0.1) is 0 Å². The summed E-state index contributed by atoms with van der Waals surface area (Å²) in [5, 5.41) is 19.7. The van der Waals surface area contributed by atoms with Crippen LogP contribution in [0.2, 0.25) is 0 Å². The van der Waals surface area contributed by atoms with Gasteiger partial charge >= 0.3 is 0 Å². The largest absolute Gasteiger partial charge is 0.491 e. The van der Waals surface area contributed by atoms with Crippen LogP contribution in [-0.2, 0) is 5.41 Å². The van der Waals surface area contributed by atoms with Gasteiger partial charge in [-0.1, -0.05) is 32.9 Å². The van der Waals surface area contributed by atoms with Gasteiger partial charge in [0.15, 0.2) is 0 Å². The molecule has 1 aromatic carbocycles. The summed E-state index contributed by atoms with van der Waals surface area (Å²) in [5.41, 5.74) is 1.40. The molecule has 1 aliphatic rings. The molecule has 1 aromatic rings. The number of hydrogen-bond acceptors (Lipinski definition) is 4. The van der Waals surface area contributed by atoms with Crippen LogP contribution in [0.1, 0.15) is 39.2 Å². The highest BCUT2D eigenvalue weighted by atomic mass is 16.5. The van der Waals surface area contributed by atoms with E-state index in [0.29, 0.717) is 13.1 Å². The fourth-order valence-corrected chi connectivity index (χ4v) is 2.79. The number of nitrogens with zero attached hydrogens (tertiary/aromatic N) is 1. The van der Waals surface area contributed by atoms with Gasteiger partial charge in [-0.2, -0.15) is 0 Å². The molecule has 1 heterocycles. The molecule has 2 unspecified atom stereocenters. The highest BCUT2D eigenvalue weighted by molar-refractivity contribution is 5.31. The van der Waals surface area contributed by atoms with Crippen LogP contribution < -0.4 is 4.74 Å². The van der Waals surface area contributed by atoms with Gasteiger partial charge in [0.1, 0.15) is 18.5 Å². The minimum Gasteiger partial charge on any atom is -0.491 e. The van der Waals surface area contributed by atoms with Crippen molar-refractivity contribution in [2.75, 3.05) is 26.2 Å². The Balaban J connectivity index is 1.77. The number of ether oxygens (including phenoxy) is 1. The molecular weight excluding hydrogens is 278 g/mol. The Morgan fingerprint density at radius 3 is 2.55 bits per heavy atom. The molecule has 2 N–H and O–H groups in total. The van der Waals surface area contributed by atoms with E-state index in [1.807, 2.05) is 12.1 Å². The first-order valence-electron chi connectivity index (χ1n) is 8.16. The number of β-amino-alcohol motifs (C(OH)–C–C–N with tert-alkyl or cyclic N) is 2. The van der Waals surface area contributed by atoms with E-state index in [9.17, 15) is 10.2 Å². The summed E-state index contributed by atoms with van der Waals surface area (Å²) >= 11 is 0. The van der Waals surface area contributed by atoms with Crippen molar-refractivity contribution in [1.29, 1.82) is 0 Å². The predicted octanol–water partition coefficient (Wildman–Crippen LogP) is 2.18. The van der Waals surface area contributed by atoms with Crippen molar-refractivity contribution in [3.63, 3.8) is 0 Å². The molecule has 1 saturated heterocycles. The van der Waals surface area contributed by atoms with Gasteiger partial charge < -0.3 is 14.9 Å². The van der Waals surface area contributed by atoms with Gasteiger partial charge in [0, 0.05) is 13.1 Å². The van der Waals surface area contributed by atoms with Gasteiger partial charge in [-0.05, 0) is 42.5 Å². The Bertz CT molecular complexity index is 452. The number of hydrogen-bond donors (Lipinski definition) is 2. The minimum absolute atomic E-state index is 0.132. The molecule has 4 heteroatoms. The number of piperidine rings is 1. The van der Waals surface area contributed by atoms with Gasteiger partial charge in [-0.3, -0.25) is 4.90 Å². The van der Waals surface area contributed by atoms with Crippen molar-refractivity contribution in [3.8, 4) is 5.75 Å². The summed E-state index contributed by atoms with van der Waals surface area (Å²) in [4.78, 5) is 2.10. The van der Waals surface area contributed by atoms with Crippen LogP contribution in [0, 0.1) is 0 Å². The normalized spacial score (nSPS) is 21.6. The molecule has 2 atom stereocenters. The van der Waals surface area contributed by atoms with Crippen LogP contribution in [0.3, 0.4) is 0 Å². The maximum atomic E-state index is 10.1. The molecule has 0 radical (unpaired) electrons. The average Bonchev–Trinajstić information content (AvgIpc) is 2.45. The van der Waals surface area contributed by atoms with E-state index >= 15 is 0 Å². The lowest BCUT2D eigenvalue weighted by atomic mass is 9.87. The lowest BCUT2D eigenvalue weighted by Crippen LogP contribution is -2.43. The van der Waals surface area contributed by atoms with Gasteiger partial charge in [0.05, 0.1) is 6.10 Å². The Labute approximate surface area is 133 Å². The number of likely N-dealkylation sites (tertiary alicyclic amines) is 1. The summed E-state index contributed by atoms with van der Waals surface area (Å²) in [5.74, 6) is 0.783. The van der Waals surface area contributed by atoms with Crippen LogP contribution in [0.15, 0.2) is 24.3 Å². The van der Waals surface area contributed by atoms with Gasteiger partial charge in [0.2, 0.25) is 0 Å². The molecule has 4 nitrogen and oxygen atoms in total. The van der Waals surface area contributed by atoms with Crippen molar-refractivity contribution in [2.24, 2.45) is 0 Å². The maximum Gasteiger partial charge on any atom is 0.119 e. The van der Waals surface area contributed by atoms with Crippen LogP contribution in [0.5, 0.6) is 5.75 Å². The van der Waals surface area contributed by atoms with Crippen LogP contribution in [-0.4, -0.2) is 53.6 Å². The summed E-state index contributed by atoms with van der Waals surface area (Å²) in [6, 6.07) is 8.06. The molecule has 1 fully saturated rings. The predicted molar refractivity (Wildman–Crippen MR) is 88.3 cm³/mol. The van der Waals surface area contributed by atoms with Gasteiger partial charge in [0.25, 0.3) is 0 Å². The summed E-state index contributed by atoms with van der Waals surface area (Å²) in [6.07, 6.45) is 1.06. The smallest absolute Gasteiger partial charge is 0.119 e. The minimum atomic E-state index is -0.535. The molecule has 0 bridgehead atoms. The Hall–Kier alpha value is -1.10. The molecule has 0 amide bonds. The molecule has 0 aromatic heterocycles. The lowest BCUT2D eigenvalue weighted by Gasteiger charge is -2.31. The molecule has 0 saturated carbocycles. The van der Waals surface area contributed by atoms with Crippen LogP contribution in [0.25, 0.3) is 0 Å². The second-order valence-electron chi connectivity index (χ2n) is 7.29. The lowest BCUT2D eigenvalue weighted by molar-refractivity contribution is 0.0243. The van der Waals surface area contributed by atoms with E-state index in [2.05, 4.69) is 37.8 Å². The second-order valence-corrected chi connectivity index (χ2v) is 7.29. The number of benzene rings is 1. The summed E-state index contributed by atoms with van der Waals surface area (Å²) < 4.78 is 5.66. The third kappa shape index (κ3) is 5.27. The van der Waals surface area contributed by atoms with Gasteiger partial charge in [-0.25, -0.2) is 0 Å². The SMILES string of the molecule is CC(C)(C)c1ccc(OCC(O)CN2CCCC(O)C2)cc1. The average molecular weight is 307 g/mol. The first-order chi connectivity index (χ1) is 10.3. The fourth-order valence-electron chi connectivity index (χ4n) is 2.79. The first kappa shape index (κ1) is 17.3. The van der Waals surface area contributed by atoms with E-state index in [1.165, 1.54) is 5.56 Å². The van der Waals surface area contributed by atoms with Crippen molar-refractivity contribution < 1.29 is 14.9 Å². The molecule has 22 heavy (non-hydrogen) atoms. The van der Waals surface area contributed by atoms with Crippen molar-refractivity contribution in [3.05, 3.63) is 29.8 Å². The number of rotatable bonds is 5. The van der Waals surface area contributed by atoms with E-state index < -0.39 is 6.10 Å². The molecule has 0 spiro atoms. The van der Waals surface area contributed by atoms with Crippen molar-refractivity contribution in [1.82, 2.24) is 4.90 Å². The van der Waals surface area contributed by atoms with E-state index in [1.54, 1.807) is 0 Å². The maximum absolute atomic E-state index is 10.1. The van der Waals surface area contributed by atoms with Crippen LogP contribution >= 0.6 is 0 Å². The standard InChI is InChI=1S/C18H29NO3/c1-18(2,3)14-6-8-17(9-7-14)22-13-16(21)12-19-10-4-5-15(20)11-19/h6-9,15-16,20-21H,4-5,10-13H2,1-3H3. The molecular formula is C18H29NO3. The van der Waals surface area contributed by atoms with E-state index in [0.717, 1.165) is 25.1 Å². The Morgan fingerprint density at radius 1 is 1.27 bits per heavy atom. The Kier molecular flexibility index (Phi) is 5.84. The first-order valence-corrected chi connectivity index (χ1v) is 8.16. The number of aliphatic hydroxyl groups is 2. The zero-order valence-corrected chi connectivity index (χ0v) is 14.0. The number of aliphatic hydroxyl groups excluding tert-OH is 2. The van der Waals surface area contributed by atoms with E-state index in [-0.39, 0.29) is 18.1 Å². The molecule has 2 rings (SSSR count). The van der Waals surface area contributed by atoms with E-state index in [4.69, 9.17) is 4.74 Å². The third-order valence-electron chi connectivity index (χ3n) is 4.11. The topological polar surface area (TPSA) is 52.9 Å². The fraction of sp³-hybridized carbons (Fsp3) is 0.667. The third-order valence-corrected chi connectivity index (χ3v) is 4.11. The summed E-state index contributed by atoms with van der Waals surface area (Å²) in [7, 11) is 0.